The van der Waals surface area contributed by atoms with Crippen molar-refractivity contribution in [2.75, 3.05) is 47.1 Å². The maximum Gasteiger partial charge on any atom is 0.165 e. The molecule has 2 fully saturated rings. The molecule has 2 aliphatic heterocycles. The number of methoxy groups -OCH3 is 2. The molecule has 7 heteroatoms. The lowest BCUT2D eigenvalue weighted by atomic mass is 9.88. The average molecular weight is 453 g/mol. The van der Waals surface area contributed by atoms with E-state index in [2.05, 4.69) is 35.2 Å². The van der Waals surface area contributed by atoms with Crippen LogP contribution in [0.4, 0.5) is 0 Å². The Balaban J connectivity index is 1.59. The van der Waals surface area contributed by atoms with Gasteiger partial charge in [0.25, 0.3) is 0 Å². The minimum atomic E-state index is -0.306. The first-order valence-electron chi connectivity index (χ1n) is 11.8. The number of nitrogens with two attached hydrogens (primary N) is 1. The summed E-state index contributed by atoms with van der Waals surface area (Å²) in [5, 5.41) is 10.7. The summed E-state index contributed by atoms with van der Waals surface area (Å²) >= 11 is 0. The van der Waals surface area contributed by atoms with E-state index >= 15 is 0 Å². The molecule has 2 aromatic rings. The van der Waals surface area contributed by atoms with Crippen molar-refractivity contribution in [2.24, 2.45) is 11.8 Å². The molecule has 0 radical (unpaired) electrons. The summed E-state index contributed by atoms with van der Waals surface area (Å²) in [6.45, 7) is 3.85. The van der Waals surface area contributed by atoms with Crippen molar-refractivity contribution in [3.05, 3.63) is 59.7 Å². The van der Waals surface area contributed by atoms with Gasteiger partial charge in [-0.05, 0) is 49.9 Å². The van der Waals surface area contributed by atoms with Crippen molar-refractivity contribution in [1.29, 1.82) is 5.41 Å². The number of hydrogen-bond acceptors (Lipinski definition) is 6. The van der Waals surface area contributed by atoms with E-state index in [0.29, 0.717) is 42.3 Å². The van der Waals surface area contributed by atoms with Crippen molar-refractivity contribution < 1.29 is 14.2 Å². The smallest absolute Gasteiger partial charge is 0.165 e. The van der Waals surface area contributed by atoms with Gasteiger partial charge in [-0.15, -0.1) is 0 Å². The monoisotopic (exact) mass is 452 g/mol. The van der Waals surface area contributed by atoms with Crippen LogP contribution in [-0.2, 0) is 4.74 Å². The average Bonchev–Trinajstić information content (AvgIpc) is 3.38. The zero-order chi connectivity index (χ0) is 23.2. The summed E-state index contributed by atoms with van der Waals surface area (Å²) in [4.78, 5) is 2.37. The Labute approximate surface area is 196 Å². The first kappa shape index (κ1) is 23.5. The largest absolute Gasteiger partial charge is 0.493 e. The molecule has 4 rings (SSSR count). The third kappa shape index (κ3) is 5.32. The highest BCUT2D eigenvalue weighted by molar-refractivity contribution is 5.86. The Morgan fingerprint density at radius 3 is 2.48 bits per heavy atom. The fourth-order valence-electron chi connectivity index (χ4n) is 5.12. The minimum Gasteiger partial charge on any atom is -0.493 e. The molecule has 0 bridgehead atoms. The first-order valence-corrected chi connectivity index (χ1v) is 11.8. The van der Waals surface area contributed by atoms with Crippen LogP contribution in [0.15, 0.2) is 48.5 Å². The first-order chi connectivity index (χ1) is 16.1. The fourth-order valence-corrected chi connectivity index (χ4v) is 5.12. The topological polar surface area (TPSA) is 84.0 Å². The molecule has 3 N–H and O–H groups in total. The summed E-state index contributed by atoms with van der Waals surface area (Å²) in [5.74, 6) is 9.08. The maximum absolute atomic E-state index is 9.13. The van der Waals surface area contributed by atoms with E-state index in [1.807, 2.05) is 18.2 Å². The number of nitrogens with zero attached hydrogens (tertiary/aromatic N) is 2. The van der Waals surface area contributed by atoms with Gasteiger partial charge in [0.15, 0.2) is 11.5 Å². The fraction of sp³-hybridized carbons (Fsp3) is 0.500. The number of para-hydroxylation sites is 1. The molecule has 7 nitrogen and oxygen atoms in total. The summed E-state index contributed by atoms with van der Waals surface area (Å²) in [5.41, 5.74) is 2.31. The Hall–Kier alpha value is -2.61. The van der Waals surface area contributed by atoms with E-state index in [4.69, 9.17) is 25.5 Å². The molecule has 2 aliphatic rings. The van der Waals surface area contributed by atoms with Crippen LogP contribution in [0, 0.1) is 11.3 Å². The molecule has 0 saturated carbocycles. The van der Waals surface area contributed by atoms with Gasteiger partial charge in [0.2, 0.25) is 0 Å². The van der Waals surface area contributed by atoms with Crippen LogP contribution in [0.3, 0.4) is 0 Å². The van der Waals surface area contributed by atoms with Crippen LogP contribution in [0.1, 0.15) is 42.3 Å². The van der Waals surface area contributed by atoms with E-state index < -0.39 is 0 Å². The molecule has 2 heterocycles. The molecule has 0 aliphatic carbocycles. The van der Waals surface area contributed by atoms with E-state index in [1.54, 1.807) is 19.2 Å². The number of likely N-dealkylation sites (tertiary alicyclic amines) is 1. The van der Waals surface area contributed by atoms with Crippen molar-refractivity contribution >= 4 is 5.84 Å². The molecule has 2 atom stereocenters. The number of benzene rings is 2. The molecule has 178 valence electrons. The lowest BCUT2D eigenvalue weighted by Gasteiger charge is -2.40. The van der Waals surface area contributed by atoms with Gasteiger partial charge in [0.1, 0.15) is 5.84 Å². The zero-order valence-corrected chi connectivity index (χ0v) is 19.7. The van der Waals surface area contributed by atoms with Gasteiger partial charge in [0.05, 0.1) is 26.9 Å². The summed E-state index contributed by atoms with van der Waals surface area (Å²) < 4.78 is 16.8. The summed E-state index contributed by atoms with van der Waals surface area (Å²) in [7, 11) is 3.29. The van der Waals surface area contributed by atoms with E-state index in [9.17, 15) is 0 Å². The van der Waals surface area contributed by atoms with Gasteiger partial charge in [-0.2, -0.15) is 0 Å². The van der Waals surface area contributed by atoms with Crippen molar-refractivity contribution in [3.8, 4) is 11.5 Å². The molecular formula is C26H36N4O3. The molecular weight excluding hydrogens is 416 g/mol. The Bertz CT molecular complexity index is 909. The predicted molar refractivity (Wildman–Crippen MR) is 130 cm³/mol. The number of piperidine rings is 1. The normalized spacial score (nSPS) is 20.4. The van der Waals surface area contributed by atoms with Gasteiger partial charge >= 0.3 is 0 Å². The molecule has 0 aromatic heterocycles. The Morgan fingerprint density at radius 2 is 1.85 bits per heavy atom. The van der Waals surface area contributed by atoms with Gasteiger partial charge in [-0.1, -0.05) is 42.5 Å². The highest BCUT2D eigenvalue weighted by atomic mass is 16.5. The number of nitrogens with one attached hydrogen (secondary N) is 1. The number of hydrazine groups is 1. The number of hydrogen-bond donors (Lipinski definition) is 2. The molecule has 2 saturated heterocycles. The molecule has 33 heavy (non-hydrogen) atoms. The Kier molecular flexibility index (Phi) is 7.85. The van der Waals surface area contributed by atoms with E-state index in [0.717, 1.165) is 44.5 Å². The number of amidine groups is 1. The van der Waals surface area contributed by atoms with Crippen LogP contribution < -0.4 is 15.3 Å². The Morgan fingerprint density at radius 1 is 1.09 bits per heavy atom. The van der Waals surface area contributed by atoms with Gasteiger partial charge in [0, 0.05) is 24.6 Å². The van der Waals surface area contributed by atoms with Crippen LogP contribution in [0.5, 0.6) is 11.5 Å². The lowest BCUT2D eigenvalue weighted by molar-refractivity contribution is 0.165. The highest BCUT2D eigenvalue weighted by Gasteiger charge is 2.34. The van der Waals surface area contributed by atoms with Gasteiger partial charge in [-0.3, -0.25) is 15.3 Å². The number of rotatable bonds is 8. The van der Waals surface area contributed by atoms with Crippen LogP contribution in [0.2, 0.25) is 0 Å². The SMILES string of the molecule is COc1cccc(C(C(=N)N(N)CC2CCOC2)N2CCC(c3ccccc3)CC2)c1OC. The standard InChI is InChI=1S/C26H36N4O3/c1-31-23-10-6-9-22(25(23)32-2)24(26(27)30(28)17-19-13-16-33-18-19)29-14-11-21(12-15-29)20-7-4-3-5-8-20/h3-10,19,21,24,27H,11-18,28H2,1-2H3. The van der Waals surface area contributed by atoms with Gasteiger partial charge < -0.3 is 14.2 Å². The van der Waals surface area contributed by atoms with Crippen molar-refractivity contribution in [3.63, 3.8) is 0 Å². The summed E-state index contributed by atoms with van der Waals surface area (Å²) in [6.07, 6.45) is 3.07. The zero-order valence-electron chi connectivity index (χ0n) is 19.7. The predicted octanol–water partition coefficient (Wildman–Crippen LogP) is 3.81. The van der Waals surface area contributed by atoms with Crippen molar-refractivity contribution in [1.82, 2.24) is 9.91 Å². The molecule has 2 unspecified atom stereocenters. The summed E-state index contributed by atoms with van der Waals surface area (Å²) in [6, 6.07) is 16.3. The maximum atomic E-state index is 9.13. The lowest BCUT2D eigenvalue weighted by Crippen LogP contribution is -2.49. The third-order valence-electron chi connectivity index (χ3n) is 6.94. The van der Waals surface area contributed by atoms with Crippen LogP contribution in [0.25, 0.3) is 0 Å². The molecule has 2 aromatic carbocycles. The van der Waals surface area contributed by atoms with Crippen LogP contribution in [-0.4, -0.2) is 62.8 Å². The number of ether oxygens (including phenoxy) is 3. The quantitative estimate of drug-likeness (QED) is 0.274. The van der Waals surface area contributed by atoms with Crippen molar-refractivity contribution in [2.45, 2.75) is 31.2 Å². The van der Waals surface area contributed by atoms with E-state index in [1.165, 1.54) is 5.56 Å². The van der Waals surface area contributed by atoms with E-state index in [-0.39, 0.29) is 6.04 Å². The highest BCUT2D eigenvalue weighted by Crippen LogP contribution is 2.40. The molecule has 0 spiro atoms. The second kappa shape index (κ2) is 11.0. The minimum absolute atomic E-state index is 0.306. The second-order valence-corrected chi connectivity index (χ2v) is 8.97. The second-order valence-electron chi connectivity index (χ2n) is 8.97. The third-order valence-corrected chi connectivity index (χ3v) is 6.94. The molecule has 0 amide bonds. The van der Waals surface area contributed by atoms with Gasteiger partial charge in [-0.25, -0.2) is 5.84 Å². The van der Waals surface area contributed by atoms with Crippen LogP contribution >= 0.6 is 0 Å².